The normalized spacial score (nSPS) is 47.3. The fraction of sp³-hybridized carbons (Fsp3) is 0.667. The highest BCUT2D eigenvalue weighted by molar-refractivity contribution is 5.75. The smallest absolute Gasteiger partial charge is 0.309 e. The zero-order valence-corrected chi connectivity index (χ0v) is 11.3. The maximum atomic E-state index is 11.8. The second-order valence-corrected chi connectivity index (χ2v) is 6.07. The van der Waals surface area contributed by atoms with Crippen LogP contribution in [0.3, 0.4) is 0 Å². The number of aliphatic hydroxyl groups is 1. The third-order valence-electron chi connectivity index (χ3n) is 4.71. The van der Waals surface area contributed by atoms with Gasteiger partial charge in [0, 0.05) is 11.8 Å². The van der Waals surface area contributed by atoms with Gasteiger partial charge >= 0.3 is 5.97 Å². The number of rotatable bonds is 2. The van der Waals surface area contributed by atoms with E-state index in [4.69, 9.17) is 4.74 Å². The molecule has 2 fully saturated rings. The summed E-state index contributed by atoms with van der Waals surface area (Å²) in [4.78, 5) is 11.8. The van der Waals surface area contributed by atoms with Gasteiger partial charge in [-0.3, -0.25) is 4.79 Å². The molecule has 0 aromatic carbocycles. The summed E-state index contributed by atoms with van der Waals surface area (Å²) >= 11 is 0. The van der Waals surface area contributed by atoms with Gasteiger partial charge in [0.05, 0.1) is 12.0 Å². The van der Waals surface area contributed by atoms with Gasteiger partial charge in [0.25, 0.3) is 0 Å². The third kappa shape index (κ3) is 1.72. The van der Waals surface area contributed by atoms with Gasteiger partial charge in [-0.25, -0.2) is 0 Å². The summed E-state index contributed by atoms with van der Waals surface area (Å²) in [5.74, 6) is -0.519. The molecule has 0 unspecified atom stereocenters. The summed E-state index contributed by atoms with van der Waals surface area (Å²) in [5.41, 5.74) is 0.720. The fourth-order valence-corrected chi connectivity index (χ4v) is 3.75. The summed E-state index contributed by atoms with van der Waals surface area (Å²) in [6.07, 6.45) is 1.69. The summed E-state index contributed by atoms with van der Waals surface area (Å²) in [6.45, 7) is 13.8. The molecule has 1 aliphatic heterocycles. The quantitative estimate of drug-likeness (QED) is 0.604. The van der Waals surface area contributed by atoms with Crippen LogP contribution in [0.25, 0.3) is 0 Å². The molecule has 0 radical (unpaired) electrons. The monoisotopic (exact) mass is 250 g/mol. The van der Waals surface area contributed by atoms with Crippen LogP contribution < -0.4 is 0 Å². The van der Waals surface area contributed by atoms with Crippen molar-refractivity contribution >= 4 is 5.97 Å². The Labute approximate surface area is 109 Å². The molecule has 2 aliphatic rings. The molecule has 0 spiro atoms. The van der Waals surface area contributed by atoms with Gasteiger partial charge in [0.2, 0.25) is 0 Å². The summed E-state index contributed by atoms with van der Waals surface area (Å²) in [7, 11) is 0. The first-order valence-electron chi connectivity index (χ1n) is 6.49. The molecule has 0 bridgehead atoms. The molecule has 6 atom stereocenters. The van der Waals surface area contributed by atoms with Crippen LogP contribution in [0.5, 0.6) is 0 Å². The lowest BCUT2D eigenvalue weighted by atomic mass is 9.58. The average molecular weight is 250 g/mol. The Hall–Kier alpha value is -1.09. The van der Waals surface area contributed by atoms with Crippen molar-refractivity contribution in [2.24, 2.45) is 23.2 Å². The van der Waals surface area contributed by atoms with Gasteiger partial charge in [0.15, 0.2) is 0 Å². The number of hydrogen-bond acceptors (Lipinski definition) is 3. The van der Waals surface area contributed by atoms with E-state index >= 15 is 0 Å². The number of fused-ring (bicyclic) bond motifs is 1. The van der Waals surface area contributed by atoms with Crippen LogP contribution in [0.1, 0.15) is 27.2 Å². The van der Waals surface area contributed by atoms with Crippen LogP contribution >= 0.6 is 0 Å². The number of aliphatic hydroxyl groups excluding tert-OH is 1. The molecule has 0 aromatic rings. The summed E-state index contributed by atoms with van der Waals surface area (Å²) < 4.78 is 5.51. The number of ether oxygens (including phenoxy) is 1. The zero-order chi connectivity index (χ0) is 13.7. The van der Waals surface area contributed by atoms with E-state index in [2.05, 4.69) is 20.1 Å². The van der Waals surface area contributed by atoms with Crippen molar-refractivity contribution in [2.45, 2.75) is 39.4 Å². The van der Waals surface area contributed by atoms with Crippen molar-refractivity contribution in [3.05, 3.63) is 24.8 Å². The molecular formula is C15H22O3. The first kappa shape index (κ1) is 13.3. The Balaban J connectivity index is 2.44. The Bertz CT molecular complexity index is 401. The van der Waals surface area contributed by atoms with Crippen LogP contribution in [-0.4, -0.2) is 23.3 Å². The lowest BCUT2D eigenvalue weighted by molar-refractivity contribution is -0.147. The van der Waals surface area contributed by atoms with Gasteiger partial charge in [-0.2, -0.15) is 0 Å². The number of allylic oxidation sites excluding steroid dienone is 1. The van der Waals surface area contributed by atoms with Crippen LogP contribution in [0, 0.1) is 23.2 Å². The van der Waals surface area contributed by atoms with Gasteiger partial charge in [-0.15, -0.1) is 6.58 Å². The predicted molar refractivity (Wildman–Crippen MR) is 69.8 cm³/mol. The molecule has 2 rings (SSSR count). The Morgan fingerprint density at radius 2 is 2.22 bits per heavy atom. The molecular weight excluding hydrogens is 228 g/mol. The van der Waals surface area contributed by atoms with E-state index in [1.54, 1.807) is 0 Å². The molecule has 3 nitrogen and oxygen atoms in total. The third-order valence-corrected chi connectivity index (χ3v) is 4.71. The molecule has 100 valence electrons. The zero-order valence-electron chi connectivity index (χ0n) is 11.3. The van der Waals surface area contributed by atoms with Crippen molar-refractivity contribution in [3.63, 3.8) is 0 Å². The van der Waals surface area contributed by atoms with E-state index in [1.807, 2.05) is 19.9 Å². The Kier molecular flexibility index (Phi) is 3.14. The van der Waals surface area contributed by atoms with Crippen LogP contribution in [0.2, 0.25) is 0 Å². The van der Waals surface area contributed by atoms with Crippen LogP contribution in [-0.2, 0) is 9.53 Å². The van der Waals surface area contributed by atoms with Crippen LogP contribution in [0.4, 0.5) is 0 Å². The molecule has 1 N–H and O–H groups in total. The molecule has 1 saturated carbocycles. The molecule has 1 heterocycles. The van der Waals surface area contributed by atoms with E-state index in [0.29, 0.717) is 6.42 Å². The van der Waals surface area contributed by atoms with Gasteiger partial charge < -0.3 is 9.84 Å². The van der Waals surface area contributed by atoms with Crippen LogP contribution in [0.15, 0.2) is 24.8 Å². The minimum Gasteiger partial charge on any atom is -0.461 e. The fourth-order valence-electron chi connectivity index (χ4n) is 3.75. The van der Waals surface area contributed by atoms with Crippen molar-refractivity contribution < 1.29 is 14.6 Å². The Morgan fingerprint density at radius 1 is 1.61 bits per heavy atom. The summed E-state index contributed by atoms with van der Waals surface area (Å²) in [5, 5.41) is 10.3. The first-order valence-corrected chi connectivity index (χ1v) is 6.49. The first-order chi connectivity index (χ1) is 8.31. The lowest BCUT2D eigenvalue weighted by Gasteiger charge is -2.47. The second-order valence-electron chi connectivity index (χ2n) is 6.07. The maximum Gasteiger partial charge on any atom is 0.309 e. The lowest BCUT2D eigenvalue weighted by Crippen LogP contribution is -2.50. The Morgan fingerprint density at radius 3 is 2.72 bits per heavy atom. The molecule has 1 aliphatic carbocycles. The number of carbonyl (C=O) groups excluding carboxylic acids is 1. The second kappa shape index (κ2) is 4.23. The van der Waals surface area contributed by atoms with Crippen molar-refractivity contribution in [3.8, 4) is 0 Å². The van der Waals surface area contributed by atoms with Crippen molar-refractivity contribution in [2.75, 3.05) is 0 Å². The SMILES string of the molecule is C=C[C@@]1(C)C[C@H](O)[C@@H]2[C@@H](OC(=O)[C@H]2C)[C@@H]1C(=C)C. The van der Waals surface area contributed by atoms with Crippen molar-refractivity contribution in [1.82, 2.24) is 0 Å². The van der Waals surface area contributed by atoms with E-state index in [0.717, 1.165) is 5.57 Å². The molecule has 1 saturated heterocycles. The molecule has 0 aromatic heterocycles. The standard InChI is InChI=1S/C15H22O3/c1-6-15(5)7-10(16)11-9(4)14(17)18-13(11)12(15)8(2)3/h6,9-13,16H,1-2,7H2,3-5H3/t9-,10-,11+,12-,13+,15-/m0/s1. The average Bonchev–Trinajstić information content (AvgIpc) is 2.54. The minimum absolute atomic E-state index is 0.0392. The highest BCUT2D eigenvalue weighted by Crippen LogP contribution is 2.52. The largest absolute Gasteiger partial charge is 0.461 e. The van der Waals surface area contributed by atoms with Gasteiger partial charge in [-0.05, 0) is 18.8 Å². The van der Waals surface area contributed by atoms with E-state index < -0.39 is 6.10 Å². The van der Waals surface area contributed by atoms with E-state index in [9.17, 15) is 9.90 Å². The van der Waals surface area contributed by atoms with Gasteiger partial charge in [-0.1, -0.05) is 32.1 Å². The minimum atomic E-state index is -0.518. The highest BCUT2D eigenvalue weighted by Gasteiger charge is 2.57. The summed E-state index contributed by atoms with van der Waals surface area (Å²) in [6, 6.07) is 0. The molecule has 18 heavy (non-hydrogen) atoms. The maximum absolute atomic E-state index is 11.8. The number of esters is 1. The predicted octanol–water partition coefficient (Wildman–Crippen LogP) is 2.31. The number of hydrogen-bond donors (Lipinski definition) is 1. The van der Waals surface area contributed by atoms with Gasteiger partial charge in [0.1, 0.15) is 6.10 Å². The topological polar surface area (TPSA) is 46.5 Å². The molecule has 3 heteroatoms. The van der Waals surface area contributed by atoms with E-state index in [1.165, 1.54) is 0 Å². The van der Waals surface area contributed by atoms with E-state index in [-0.39, 0.29) is 35.2 Å². The highest BCUT2D eigenvalue weighted by atomic mass is 16.6. The number of carbonyl (C=O) groups is 1. The molecule has 0 amide bonds. The van der Waals surface area contributed by atoms with Crippen molar-refractivity contribution in [1.29, 1.82) is 0 Å².